The largest absolute Gasteiger partial charge is 0.478 e. The van der Waals surface area contributed by atoms with E-state index in [4.69, 9.17) is 4.74 Å². The highest BCUT2D eigenvalue weighted by molar-refractivity contribution is 5.98. The van der Waals surface area contributed by atoms with Gasteiger partial charge in [-0.15, -0.1) is 0 Å². The van der Waals surface area contributed by atoms with Crippen LogP contribution in [0.5, 0.6) is 0 Å². The summed E-state index contributed by atoms with van der Waals surface area (Å²) in [7, 11) is 0. The minimum Gasteiger partial charge on any atom is -0.478 e. The number of hydrogen-bond donors (Lipinski definition) is 3. The predicted molar refractivity (Wildman–Crippen MR) is 133 cm³/mol. The fourth-order valence-electron chi connectivity index (χ4n) is 4.38. The van der Waals surface area contributed by atoms with Crippen LogP contribution in [0.1, 0.15) is 48.2 Å². The number of carboxylic acids is 1. The zero-order chi connectivity index (χ0) is 25.2. The summed E-state index contributed by atoms with van der Waals surface area (Å²) in [6.45, 7) is 5.62. The van der Waals surface area contributed by atoms with E-state index >= 15 is 0 Å². The lowest BCUT2D eigenvalue weighted by molar-refractivity contribution is -0.120. The Labute approximate surface area is 204 Å². The number of ether oxygens (including phenoxy) is 1. The number of amides is 2. The number of anilines is 1. The molecule has 2 amide bonds. The number of carbonyl (C=O) groups is 3. The second-order valence-corrected chi connectivity index (χ2v) is 9.64. The Morgan fingerprint density at radius 3 is 2.09 bits per heavy atom. The molecule has 35 heavy (non-hydrogen) atoms. The summed E-state index contributed by atoms with van der Waals surface area (Å²) in [5.74, 6) is -1.65. The number of rotatable bonds is 6. The standard InChI is InChI=1S/C28H28N2O5/c1-28(2,3)24(25(31)29-18-10-8-9-17(15-18)26(32)33)30-27(34)35-16-23-21-13-6-4-11-19(21)20-12-5-7-14-22(20)23/h4-15,23-24H,16H2,1-3H3,(H,29,31)(H,30,34)(H,32,33)/t24-/m1/s1. The molecule has 0 heterocycles. The normalized spacial score (nSPS) is 13.3. The number of fused-ring (bicyclic) bond motifs is 3. The first-order chi connectivity index (χ1) is 16.6. The average molecular weight is 473 g/mol. The molecule has 1 aliphatic carbocycles. The van der Waals surface area contributed by atoms with E-state index in [1.54, 1.807) is 12.1 Å². The first-order valence-electron chi connectivity index (χ1n) is 11.4. The third-order valence-corrected chi connectivity index (χ3v) is 6.11. The molecule has 3 N–H and O–H groups in total. The van der Waals surface area contributed by atoms with Crippen molar-refractivity contribution in [1.82, 2.24) is 5.32 Å². The predicted octanol–water partition coefficient (Wildman–Crippen LogP) is 5.28. The van der Waals surface area contributed by atoms with E-state index in [0.29, 0.717) is 5.69 Å². The Hall–Kier alpha value is -4.13. The molecule has 3 aromatic rings. The summed E-state index contributed by atoms with van der Waals surface area (Å²) in [6, 6.07) is 21.2. The average Bonchev–Trinajstić information content (AvgIpc) is 3.14. The Morgan fingerprint density at radius 2 is 1.51 bits per heavy atom. The number of hydrogen-bond acceptors (Lipinski definition) is 4. The summed E-state index contributed by atoms with van der Waals surface area (Å²) in [5, 5.41) is 14.6. The number of carboxylic acid groups (broad SMARTS) is 1. The highest BCUT2D eigenvalue weighted by Gasteiger charge is 2.34. The van der Waals surface area contributed by atoms with Crippen molar-refractivity contribution < 1.29 is 24.2 Å². The Balaban J connectivity index is 1.45. The molecular formula is C28H28N2O5. The second kappa shape index (κ2) is 9.62. The molecule has 0 bridgehead atoms. The molecule has 0 aromatic heterocycles. The molecule has 1 aliphatic rings. The van der Waals surface area contributed by atoms with Gasteiger partial charge >= 0.3 is 12.1 Å². The van der Waals surface area contributed by atoms with Gasteiger partial charge in [0.25, 0.3) is 0 Å². The number of carbonyl (C=O) groups excluding carboxylic acids is 2. The van der Waals surface area contributed by atoms with Crippen LogP contribution < -0.4 is 10.6 Å². The van der Waals surface area contributed by atoms with Gasteiger partial charge in [0, 0.05) is 11.6 Å². The first-order valence-corrected chi connectivity index (χ1v) is 11.4. The van der Waals surface area contributed by atoms with Crippen molar-refractivity contribution in [3.63, 3.8) is 0 Å². The number of alkyl carbamates (subject to hydrolysis) is 1. The van der Waals surface area contributed by atoms with Crippen molar-refractivity contribution in [3.05, 3.63) is 89.5 Å². The molecule has 4 rings (SSSR count). The highest BCUT2D eigenvalue weighted by atomic mass is 16.5. The maximum atomic E-state index is 13.0. The zero-order valence-corrected chi connectivity index (χ0v) is 19.9. The molecule has 0 spiro atoms. The van der Waals surface area contributed by atoms with Crippen LogP contribution in [0.2, 0.25) is 0 Å². The third-order valence-electron chi connectivity index (χ3n) is 6.11. The Morgan fingerprint density at radius 1 is 0.914 bits per heavy atom. The molecule has 180 valence electrons. The summed E-state index contributed by atoms with van der Waals surface area (Å²) in [4.78, 5) is 37.1. The van der Waals surface area contributed by atoms with Gasteiger partial charge in [-0.3, -0.25) is 4.79 Å². The van der Waals surface area contributed by atoms with Crippen LogP contribution in [-0.2, 0) is 9.53 Å². The quantitative estimate of drug-likeness (QED) is 0.453. The lowest BCUT2D eigenvalue weighted by Gasteiger charge is -2.30. The molecule has 1 atom stereocenters. The van der Waals surface area contributed by atoms with Crippen LogP contribution in [0.3, 0.4) is 0 Å². The maximum absolute atomic E-state index is 13.0. The van der Waals surface area contributed by atoms with E-state index in [9.17, 15) is 19.5 Å². The maximum Gasteiger partial charge on any atom is 0.407 e. The van der Waals surface area contributed by atoms with E-state index in [-0.39, 0.29) is 18.1 Å². The SMILES string of the molecule is CC(C)(C)[C@H](NC(=O)OCC1c2ccccc2-c2ccccc21)C(=O)Nc1cccc(C(=O)O)c1. The smallest absolute Gasteiger partial charge is 0.407 e. The van der Waals surface area contributed by atoms with E-state index < -0.39 is 29.4 Å². The summed E-state index contributed by atoms with van der Waals surface area (Å²) >= 11 is 0. The number of aromatic carboxylic acids is 1. The van der Waals surface area contributed by atoms with Crippen molar-refractivity contribution in [1.29, 1.82) is 0 Å². The monoisotopic (exact) mass is 472 g/mol. The molecule has 0 saturated heterocycles. The summed E-state index contributed by atoms with van der Waals surface area (Å²) in [6.07, 6.45) is -0.693. The van der Waals surface area contributed by atoms with Crippen LogP contribution in [-0.4, -0.2) is 35.7 Å². The first kappa shape index (κ1) is 24.0. The van der Waals surface area contributed by atoms with Gasteiger partial charge in [0.15, 0.2) is 0 Å². The van der Waals surface area contributed by atoms with Crippen LogP contribution >= 0.6 is 0 Å². The fourth-order valence-corrected chi connectivity index (χ4v) is 4.38. The highest BCUT2D eigenvalue weighted by Crippen LogP contribution is 2.44. The van der Waals surface area contributed by atoms with Crippen LogP contribution in [0.25, 0.3) is 11.1 Å². The van der Waals surface area contributed by atoms with Gasteiger partial charge in [0.05, 0.1) is 5.56 Å². The number of nitrogens with one attached hydrogen (secondary N) is 2. The van der Waals surface area contributed by atoms with Gasteiger partial charge in [-0.1, -0.05) is 75.4 Å². The van der Waals surface area contributed by atoms with Crippen LogP contribution in [0.4, 0.5) is 10.5 Å². The van der Waals surface area contributed by atoms with Gasteiger partial charge in [-0.2, -0.15) is 0 Å². The van der Waals surface area contributed by atoms with Crippen LogP contribution in [0.15, 0.2) is 72.8 Å². The molecule has 0 saturated carbocycles. The van der Waals surface area contributed by atoms with Crippen molar-refractivity contribution >= 4 is 23.7 Å². The van der Waals surface area contributed by atoms with Gasteiger partial charge in [-0.05, 0) is 45.9 Å². The molecule has 0 fully saturated rings. The van der Waals surface area contributed by atoms with Crippen molar-refractivity contribution in [2.24, 2.45) is 5.41 Å². The van der Waals surface area contributed by atoms with E-state index in [1.165, 1.54) is 12.1 Å². The number of benzene rings is 3. The van der Waals surface area contributed by atoms with E-state index in [1.807, 2.05) is 57.2 Å². The minimum absolute atomic E-state index is 0.0552. The lowest BCUT2D eigenvalue weighted by atomic mass is 9.86. The molecule has 3 aromatic carbocycles. The van der Waals surface area contributed by atoms with Gasteiger partial charge < -0.3 is 20.5 Å². The van der Waals surface area contributed by atoms with Crippen LogP contribution in [0, 0.1) is 5.41 Å². The molecule has 0 unspecified atom stereocenters. The fraction of sp³-hybridized carbons (Fsp3) is 0.250. The Kier molecular flexibility index (Phi) is 6.60. The van der Waals surface area contributed by atoms with Gasteiger partial charge in [0.1, 0.15) is 12.6 Å². The Bertz CT molecular complexity index is 1230. The molecule has 0 aliphatic heterocycles. The van der Waals surface area contributed by atoms with Gasteiger partial charge in [0.2, 0.25) is 5.91 Å². The minimum atomic E-state index is -1.09. The molecule has 7 heteroatoms. The third kappa shape index (κ3) is 5.19. The van der Waals surface area contributed by atoms with Crippen molar-refractivity contribution in [3.8, 4) is 11.1 Å². The summed E-state index contributed by atoms with van der Waals surface area (Å²) in [5.41, 5.74) is 4.23. The van der Waals surface area contributed by atoms with Gasteiger partial charge in [-0.25, -0.2) is 9.59 Å². The molecule has 0 radical (unpaired) electrons. The lowest BCUT2D eigenvalue weighted by Crippen LogP contribution is -2.51. The van der Waals surface area contributed by atoms with E-state index in [0.717, 1.165) is 22.3 Å². The second-order valence-electron chi connectivity index (χ2n) is 9.64. The summed E-state index contributed by atoms with van der Waals surface area (Å²) < 4.78 is 5.61. The molecular weight excluding hydrogens is 444 g/mol. The molecule has 7 nitrogen and oxygen atoms in total. The zero-order valence-electron chi connectivity index (χ0n) is 19.9. The van der Waals surface area contributed by atoms with Crippen molar-refractivity contribution in [2.45, 2.75) is 32.7 Å². The topological polar surface area (TPSA) is 105 Å². The van der Waals surface area contributed by atoms with E-state index in [2.05, 4.69) is 22.8 Å². The van der Waals surface area contributed by atoms with Crippen molar-refractivity contribution in [2.75, 3.05) is 11.9 Å².